The first-order valence-electron chi connectivity index (χ1n) is 9.22. The van der Waals surface area contributed by atoms with Crippen molar-refractivity contribution in [1.82, 2.24) is 4.90 Å². The number of rotatable bonds is 9. The molecule has 2 aromatic rings. The number of hydrogen-bond acceptors (Lipinski definition) is 4. The molecule has 0 spiro atoms. The number of nitrogens with zero attached hydrogens (tertiary/aromatic N) is 2. The maximum absolute atomic E-state index is 13.2. The van der Waals surface area contributed by atoms with Crippen LogP contribution in [0.5, 0.6) is 11.5 Å². The van der Waals surface area contributed by atoms with Gasteiger partial charge in [0, 0.05) is 24.2 Å². The van der Waals surface area contributed by atoms with Crippen LogP contribution in [0.15, 0.2) is 49.1 Å². The molecule has 0 fully saturated rings. The highest BCUT2D eigenvalue weighted by molar-refractivity contribution is 5.95. The number of ether oxygens (including phenoxy) is 2. The quantitative estimate of drug-likeness (QED) is 0.608. The van der Waals surface area contributed by atoms with Gasteiger partial charge in [0.25, 0.3) is 5.91 Å². The molecule has 28 heavy (non-hydrogen) atoms. The predicted molar refractivity (Wildman–Crippen MR) is 110 cm³/mol. The van der Waals surface area contributed by atoms with Gasteiger partial charge >= 0.3 is 0 Å². The van der Waals surface area contributed by atoms with Gasteiger partial charge < -0.3 is 14.4 Å². The Bertz CT molecular complexity index is 867. The van der Waals surface area contributed by atoms with Crippen molar-refractivity contribution < 1.29 is 14.3 Å². The van der Waals surface area contributed by atoms with Crippen LogP contribution >= 0.6 is 0 Å². The third-order valence-corrected chi connectivity index (χ3v) is 4.40. The monoisotopic (exact) mass is 378 g/mol. The summed E-state index contributed by atoms with van der Waals surface area (Å²) in [6.07, 6.45) is 3.19. The minimum Gasteiger partial charge on any atom is -0.493 e. The van der Waals surface area contributed by atoms with Crippen molar-refractivity contribution in [1.29, 1.82) is 5.26 Å². The zero-order chi connectivity index (χ0) is 20.5. The fourth-order valence-corrected chi connectivity index (χ4v) is 3.08. The highest BCUT2D eigenvalue weighted by atomic mass is 16.5. The first-order chi connectivity index (χ1) is 13.6. The molecular formula is C23H26N2O3. The minimum absolute atomic E-state index is 0.0718. The van der Waals surface area contributed by atoms with E-state index in [1.165, 1.54) is 0 Å². The second-order valence-corrected chi connectivity index (χ2v) is 6.40. The van der Waals surface area contributed by atoms with Crippen LogP contribution in [0.1, 0.15) is 40.4 Å². The number of hydrogen-bond donors (Lipinski definition) is 0. The highest BCUT2D eigenvalue weighted by Gasteiger charge is 2.20. The second-order valence-electron chi connectivity index (χ2n) is 6.40. The van der Waals surface area contributed by atoms with Crippen LogP contribution in [0.25, 0.3) is 0 Å². The first-order valence-corrected chi connectivity index (χ1v) is 9.22. The zero-order valence-electron chi connectivity index (χ0n) is 16.7. The number of amides is 1. The van der Waals surface area contributed by atoms with Gasteiger partial charge in [-0.3, -0.25) is 4.79 Å². The van der Waals surface area contributed by atoms with Gasteiger partial charge in [-0.1, -0.05) is 25.1 Å². The molecule has 0 N–H and O–H groups in total. The Morgan fingerprint density at radius 3 is 2.46 bits per heavy atom. The first kappa shape index (κ1) is 21.0. The molecule has 0 atom stereocenters. The molecule has 0 heterocycles. The van der Waals surface area contributed by atoms with E-state index in [-0.39, 0.29) is 5.91 Å². The van der Waals surface area contributed by atoms with Crippen LogP contribution in [0.3, 0.4) is 0 Å². The molecule has 0 unspecified atom stereocenters. The molecule has 5 nitrogen and oxygen atoms in total. The van der Waals surface area contributed by atoms with Crippen molar-refractivity contribution >= 4 is 5.91 Å². The summed E-state index contributed by atoms with van der Waals surface area (Å²) in [5, 5.41) is 8.95. The number of carbonyl (C=O) groups is 1. The molecule has 1 amide bonds. The van der Waals surface area contributed by atoms with E-state index in [9.17, 15) is 4.79 Å². The van der Waals surface area contributed by atoms with E-state index >= 15 is 0 Å². The summed E-state index contributed by atoms with van der Waals surface area (Å²) in [7, 11) is 3.14. The molecule has 0 aromatic heterocycles. The average molecular weight is 378 g/mol. The van der Waals surface area contributed by atoms with Crippen molar-refractivity contribution in [2.24, 2.45) is 0 Å². The summed E-state index contributed by atoms with van der Waals surface area (Å²) >= 11 is 0. The van der Waals surface area contributed by atoms with Crippen LogP contribution in [-0.4, -0.2) is 31.6 Å². The lowest BCUT2D eigenvalue weighted by Gasteiger charge is -2.23. The Morgan fingerprint density at radius 1 is 1.21 bits per heavy atom. The van der Waals surface area contributed by atoms with E-state index in [1.54, 1.807) is 43.4 Å². The molecular weight excluding hydrogens is 352 g/mol. The summed E-state index contributed by atoms with van der Waals surface area (Å²) in [6, 6.07) is 13.0. The highest BCUT2D eigenvalue weighted by Crippen LogP contribution is 2.33. The van der Waals surface area contributed by atoms with Crippen LogP contribution < -0.4 is 9.47 Å². The summed E-state index contributed by atoms with van der Waals surface area (Å²) in [5.74, 6) is 1.07. The van der Waals surface area contributed by atoms with Gasteiger partial charge in [-0.05, 0) is 42.7 Å². The summed E-state index contributed by atoms with van der Waals surface area (Å²) in [4.78, 5) is 15.0. The van der Waals surface area contributed by atoms with Crippen molar-refractivity contribution in [3.8, 4) is 17.6 Å². The zero-order valence-corrected chi connectivity index (χ0v) is 16.7. The molecule has 2 aromatic carbocycles. The molecule has 0 bridgehead atoms. The van der Waals surface area contributed by atoms with E-state index in [4.69, 9.17) is 14.7 Å². The van der Waals surface area contributed by atoms with Gasteiger partial charge in [0.2, 0.25) is 0 Å². The molecule has 146 valence electrons. The summed E-state index contributed by atoms with van der Waals surface area (Å²) in [6.45, 7) is 6.92. The third-order valence-electron chi connectivity index (χ3n) is 4.40. The Kier molecular flexibility index (Phi) is 7.65. The van der Waals surface area contributed by atoms with Gasteiger partial charge in [0.15, 0.2) is 11.5 Å². The molecule has 0 aliphatic heterocycles. The van der Waals surface area contributed by atoms with E-state index in [2.05, 4.69) is 12.6 Å². The van der Waals surface area contributed by atoms with Crippen LogP contribution in [-0.2, 0) is 13.0 Å². The molecule has 0 aliphatic carbocycles. The lowest BCUT2D eigenvalue weighted by atomic mass is 10.0. The Morgan fingerprint density at radius 2 is 1.93 bits per heavy atom. The van der Waals surface area contributed by atoms with Crippen LogP contribution in [0.4, 0.5) is 0 Å². The second kappa shape index (κ2) is 10.2. The van der Waals surface area contributed by atoms with E-state index in [0.717, 1.165) is 17.5 Å². The van der Waals surface area contributed by atoms with Crippen molar-refractivity contribution in [2.45, 2.75) is 26.3 Å². The largest absolute Gasteiger partial charge is 0.493 e. The van der Waals surface area contributed by atoms with Crippen molar-refractivity contribution in [3.63, 3.8) is 0 Å². The third kappa shape index (κ3) is 4.92. The lowest BCUT2D eigenvalue weighted by molar-refractivity contribution is 0.0742. The van der Waals surface area contributed by atoms with Gasteiger partial charge in [0.1, 0.15) is 0 Å². The summed E-state index contributed by atoms with van der Waals surface area (Å²) < 4.78 is 10.9. The van der Waals surface area contributed by atoms with Gasteiger partial charge in [-0.25, -0.2) is 0 Å². The number of methoxy groups -OCH3 is 2. The number of allylic oxidation sites excluding steroid dienone is 1. The smallest absolute Gasteiger partial charge is 0.254 e. The fourth-order valence-electron chi connectivity index (χ4n) is 3.08. The minimum atomic E-state index is -0.0718. The van der Waals surface area contributed by atoms with Crippen LogP contribution in [0.2, 0.25) is 0 Å². The normalized spacial score (nSPS) is 10.1. The number of nitriles is 1. The van der Waals surface area contributed by atoms with Gasteiger partial charge in [0.05, 0.1) is 25.9 Å². The van der Waals surface area contributed by atoms with Crippen LogP contribution in [0, 0.1) is 11.3 Å². The molecule has 2 rings (SSSR count). The predicted octanol–water partition coefficient (Wildman–Crippen LogP) is 4.36. The molecule has 0 saturated carbocycles. The summed E-state index contributed by atoms with van der Waals surface area (Å²) in [5.41, 5.74) is 2.99. The Balaban J connectivity index is 2.36. The van der Waals surface area contributed by atoms with Gasteiger partial charge in [-0.2, -0.15) is 5.26 Å². The Labute approximate surface area is 166 Å². The fraction of sp³-hybridized carbons (Fsp3) is 0.304. The van der Waals surface area contributed by atoms with E-state index < -0.39 is 0 Å². The number of carbonyl (C=O) groups excluding carboxylic acids is 1. The average Bonchev–Trinajstić information content (AvgIpc) is 2.73. The van der Waals surface area contributed by atoms with Crippen molar-refractivity contribution in [3.05, 3.63) is 71.3 Å². The van der Waals surface area contributed by atoms with Crippen molar-refractivity contribution in [2.75, 3.05) is 20.8 Å². The van der Waals surface area contributed by atoms with E-state index in [1.807, 2.05) is 25.1 Å². The number of benzene rings is 2. The standard InChI is InChI=1S/C23H26N2O3/c1-5-7-19-13-20(14-21(27-3)22(19)28-4)23(26)25(12-6-2)16-18-10-8-17(15-24)9-11-18/h5,8-11,13-14H,1,6-7,12,16H2,2-4H3. The SMILES string of the molecule is C=CCc1cc(C(=O)N(CCC)Cc2ccc(C#N)cc2)cc(OC)c1OC. The van der Waals surface area contributed by atoms with E-state index in [0.29, 0.717) is 42.1 Å². The topological polar surface area (TPSA) is 62.6 Å². The van der Waals surface area contributed by atoms with Gasteiger partial charge in [-0.15, -0.1) is 6.58 Å². The Hall–Kier alpha value is -3.26. The molecule has 5 heteroatoms. The molecule has 0 radical (unpaired) electrons. The maximum Gasteiger partial charge on any atom is 0.254 e. The maximum atomic E-state index is 13.2. The molecule has 0 saturated heterocycles. The molecule has 0 aliphatic rings. The lowest BCUT2D eigenvalue weighted by Crippen LogP contribution is -2.31.